The van der Waals surface area contributed by atoms with Gasteiger partial charge in [0.05, 0.1) is 12.1 Å². The largest absolute Gasteiger partial charge is 0.292 e. The molecule has 3 aromatic rings. The van der Waals surface area contributed by atoms with Crippen LogP contribution in [0, 0.1) is 0 Å². The molecule has 0 radical (unpaired) electrons. The summed E-state index contributed by atoms with van der Waals surface area (Å²) < 4.78 is 1.69. The molecule has 0 aliphatic heterocycles. The lowest BCUT2D eigenvalue weighted by molar-refractivity contribution is 0.0989. The first-order valence-electron chi connectivity index (χ1n) is 6.09. The van der Waals surface area contributed by atoms with Gasteiger partial charge in [-0.2, -0.15) is 5.10 Å². The molecular formula is C15H13N3O. The van der Waals surface area contributed by atoms with Gasteiger partial charge in [0.1, 0.15) is 5.69 Å². The summed E-state index contributed by atoms with van der Waals surface area (Å²) >= 11 is 0. The lowest BCUT2D eigenvalue weighted by Crippen LogP contribution is -2.07. The SMILES string of the molecule is Cn1ccc(CC(=O)c2nccc3ccccc23)n1. The average Bonchev–Trinajstić information content (AvgIpc) is 2.83. The van der Waals surface area contributed by atoms with Crippen LogP contribution in [0.4, 0.5) is 0 Å². The molecule has 0 aliphatic rings. The third kappa shape index (κ3) is 2.25. The van der Waals surface area contributed by atoms with Gasteiger partial charge in [-0.05, 0) is 17.5 Å². The standard InChI is InChI=1S/C15H13N3O/c1-18-9-7-12(17-18)10-14(19)15-13-5-3-2-4-11(13)6-8-16-15/h2-9H,10H2,1H3. The minimum atomic E-state index is -0.00417. The summed E-state index contributed by atoms with van der Waals surface area (Å²) in [6.07, 6.45) is 3.79. The predicted octanol–water partition coefficient (Wildman–Crippen LogP) is 2.39. The highest BCUT2D eigenvalue weighted by molar-refractivity contribution is 6.06. The molecule has 0 atom stereocenters. The molecule has 3 rings (SSSR count). The maximum atomic E-state index is 12.3. The molecule has 0 saturated heterocycles. The first-order valence-corrected chi connectivity index (χ1v) is 6.09. The van der Waals surface area contributed by atoms with E-state index in [1.54, 1.807) is 10.9 Å². The van der Waals surface area contributed by atoms with E-state index in [-0.39, 0.29) is 12.2 Å². The number of ketones is 1. The van der Waals surface area contributed by atoms with E-state index >= 15 is 0 Å². The van der Waals surface area contributed by atoms with Crippen LogP contribution in [0.3, 0.4) is 0 Å². The van der Waals surface area contributed by atoms with Gasteiger partial charge in [-0.3, -0.25) is 14.5 Å². The van der Waals surface area contributed by atoms with Gasteiger partial charge in [-0.1, -0.05) is 24.3 Å². The summed E-state index contributed by atoms with van der Waals surface area (Å²) in [6, 6.07) is 11.5. The van der Waals surface area contributed by atoms with Gasteiger partial charge in [0, 0.05) is 24.8 Å². The van der Waals surface area contributed by atoms with Crippen molar-refractivity contribution in [2.24, 2.45) is 7.05 Å². The second kappa shape index (κ2) is 4.65. The summed E-state index contributed by atoms with van der Waals surface area (Å²) in [5.74, 6) is -0.00417. The second-order valence-corrected chi connectivity index (χ2v) is 4.46. The monoisotopic (exact) mass is 251 g/mol. The highest BCUT2D eigenvalue weighted by atomic mass is 16.1. The fourth-order valence-electron chi connectivity index (χ4n) is 2.15. The Morgan fingerprint density at radius 2 is 2.05 bits per heavy atom. The average molecular weight is 251 g/mol. The van der Waals surface area contributed by atoms with Crippen molar-refractivity contribution in [2.75, 3.05) is 0 Å². The van der Waals surface area contributed by atoms with Gasteiger partial charge in [0.2, 0.25) is 0 Å². The Balaban J connectivity index is 1.97. The lowest BCUT2D eigenvalue weighted by atomic mass is 10.0. The zero-order valence-electron chi connectivity index (χ0n) is 10.6. The molecule has 19 heavy (non-hydrogen) atoms. The molecule has 0 bridgehead atoms. The Hall–Kier alpha value is -2.49. The fourth-order valence-corrected chi connectivity index (χ4v) is 2.15. The molecule has 0 saturated carbocycles. The van der Waals surface area contributed by atoms with Crippen LogP contribution in [0.15, 0.2) is 48.8 Å². The highest BCUT2D eigenvalue weighted by Gasteiger charge is 2.13. The summed E-state index contributed by atoms with van der Waals surface area (Å²) in [5, 5.41) is 6.15. The molecule has 1 aromatic carbocycles. The molecule has 4 heteroatoms. The van der Waals surface area contributed by atoms with Gasteiger partial charge in [-0.15, -0.1) is 0 Å². The normalized spacial score (nSPS) is 10.8. The lowest BCUT2D eigenvalue weighted by Gasteiger charge is -2.03. The number of benzene rings is 1. The zero-order chi connectivity index (χ0) is 13.2. The summed E-state index contributed by atoms with van der Waals surface area (Å²) in [6.45, 7) is 0. The molecule has 94 valence electrons. The molecule has 0 fully saturated rings. The topological polar surface area (TPSA) is 47.8 Å². The Labute approximate surface area is 110 Å². The Morgan fingerprint density at radius 1 is 1.21 bits per heavy atom. The van der Waals surface area contributed by atoms with Crippen LogP contribution in [-0.4, -0.2) is 20.5 Å². The van der Waals surface area contributed by atoms with Crippen LogP contribution < -0.4 is 0 Å². The Kier molecular flexibility index (Phi) is 2.83. The van der Waals surface area contributed by atoms with Crippen molar-refractivity contribution < 1.29 is 4.79 Å². The molecule has 0 unspecified atom stereocenters. The molecule has 0 N–H and O–H groups in total. The first kappa shape index (κ1) is 11.6. The maximum absolute atomic E-state index is 12.3. The fraction of sp³-hybridized carbons (Fsp3) is 0.133. The number of hydrogen-bond donors (Lipinski definition) is 0. The van der Waals surface area contributed by atoms with Gasteiger partial charge < -0.3 is 0 Å². The van der Waals surface area contributed by atoms with Crippen molar-refractivity contribution in [1.29, 1.82) is 0 Å². The summed E-state index contributed by atoms with van der Waals surface area (Å²) in [4.78, 5) is 16.6. The number of nitrogens with zero attached hydrogens (tertiary/aromatic N) is 3. The molecule has 2 heterocycles. The molecule has 2 aromatic heterocycles. The zero-order valence-corrected chi connectivity index (χ0v) is 10.6. The van der Waals surface area contributed by atoms with E-state index in [1.165, 1.54) is 0 Å². The maximum Gasteiger partial charge on any atom is 0.187 e. The van der Waals surface area contributed by atoms with E-state index in [4.69, 9.17) is 0 Å². The number of fused-ring (bicyclic) bond motifs is 1. The second-order valence-electron chi connectivity index (χ2n) is 4.46. The third-order valence-electron chi connectivity index (χ3n) is 3.05. The Morgan fingerprint density at radius 3 is 2.84 bits per heavy atom. The van der Waals surface area contributed by atoms with Crippen LogP contribution >= 0.6 is 0 Å². The van der Waals surface area contributed by atoms with Gasteiger partial charge >= 0.3 is 0 Å². The highest BCUT2D eigenvalue weighted by Crippen LogP contribution is 2.17. The van der Waals surface area contributed by atoms with Crippen molar-refractivity contribution in [2.45, 2.75) is 6.42 Å². The number of hydrogen-bond acceptors (Lipinski definition) is 3. The molecule has 4 nitrogen and oxygen atoms in total. The number of carbonyl (C=O) groups excluding carboxylic acids is 1. The van der Waals surface area contributed by atoms with Gasteiger partial charge in [0.25, 0.3) is 0 Å². The number of aryl methyl sites for hydroxylation is 1. The predicted molar refractivity (Wildman–Crippen MR) is 73.0 cm³/mol. The first-order chi connectivity index (χ1) is 9.24. The third-order valence-corrected chi connectivity index (χ3v) is 3.05. The van der Waals surface area contributed by atoms with Gasteiger partial charge in [-0.25, -0.2) is 0 Å². The number of Topliss-reactive ketones (excluding diaryl/α,β-unsaturated/α-hetero) is 1. The van der Waals surface area contributed by atoms with Crippen molar-refractivity contribution >= 4 is 16.6 Å². The minimum Gasteiger partial charge on any atom is -0.292 e. The van der Waals surface area contributed by atoms with Gasteiger partial charge in [0.15, 0.2) is 5.78 Å². The molecule has 0 amide bonds. The van der Waals surface area contributed by atoms with Crippen molar-refractivity contribution in [1.82, 2.24) is 14.8 Å². The summed E-state index contributed by atoms with van der Waals surface area (Å²) in [7, 11) is 1.84. The van der Waals surface area contributed by atoms with E-state index in [0.29, 0.717) is 5.69 Å². The number of rotatable bonds is 3. The van der Waals surface area contributed by atoms with E-state index in [0.717, 1.165) is 16.5 Å². The van der Waals surface area contributed by atoms with Crippen LogP contribution in [0.2, 0.25) is 0 Å². The molecule has 0 aliphatic carbocycles. The Bertz CT molecular complexity index is 740. The van der Waals surface area contributed by atoms with Crippen LogP contribution in [0.25, 0.3) is 10.8 Å². The van der Waals surface area contributed by atoms with E-state index in [2.05, 4.69) is 10.1 Å². The van der Waals surface area contributed by atoms with E-state index < -0.39 is 0 Å². The van der Waals surface area contributed by atoms with Crippen LogP contribution in [0.1, 0.15) is 16.2 Å². The van der Waals surface area contributed by atoms with Crippen LogP contribution in [-0.2, 0) is 13.5 Å². The number of pyridine rings is 1. The van der Waals surface area contributed by atoms with Crippen LogP contribution in [0.5, 0.6) is 0 Å². The van der Waals surface area contributed by atoms with E-state index in [9.17, 15) is 4.79 Å². The number of aromatic nitrogens is 3. The van der Waals surface area contributed by atoms with Crippen molar-refractivity contribution in [3.63, 3.8) is 0 Å². The quantitative estimate of drug-likeness (QED) is 0.671. The van der Waals surface area contributed by atoms with Crippen molar-refractivity contribution in [3.8, 4) is 0 Å². The molecule has 0 spiro atoms. The minimum absolute atomic E-state index is 0.00417. The van der Waals surface area contributed by atoms with Crippen molar-refractivity contribution in [3.05, 3.63) is 60.2 Å². The smallest absolute Gasteiger partial charge is 0.187 e. The summed E-state index contributed by atoms with van der Waals surface area (Å²) in [5.41, 5.74) is 1.28. The molecular weight excluding hydrogens is 238 g/mol. The number of carbonyl (C=O) groups is 1. The van der Waals surface area contributed by atoms with E-state index in [1.807, 2.05) is 49.6 Å².